The Kier molecular flexibility index (Phi) is 33.6. The molecule has 320 valence electrons. The van der Waals surface area contributed by atoms with Gasteiger partial charge in [-0.1, -0.05) is 166 Å². The maximum atomic E-state index is 12.7. The van der Waals surface area contributed by atoms with E-state index in [1.807, 2.05) is 18.2 Å². The average Bonchev–Trinajstić information content (AvgIpc) is 3.18. The molecule has 1 rings (SSSR count). The van der Waals surface area contributed by atoms with Crippen LogP contribution in [0.5, 0.6) is 0 Å². The Morgan fingerprint density at radius 1 is 0.655 bits per heavy atom. The average molecular weight is 781 g/mol. The van der Waals surface area contributed by atoms with Crippen LogP contribution in [0, 0.1) is 0 Å². The summed E-state index contributed by atoms with van der Waals surface area (Å²) in [6, 6.07) is 0. The molecule has 1 aliphatic heterocycles. The van der Waals surface area contributed by atoms with Gasteiger partial charge in [0.05, 0.1) is 13.2 Å². The molecule has 0 aromatic heterocycles. The molecule has 0 amide bonds. The van der Waals surface area contributed by atoms with Gasteiger partial charge in [0.2, 0.25) is 0 Å². The van der Waals surface area contributed by atoms with E-state index in [1.165, 1.54) is 128 Å². The lowest BCUT2D eigenvalue weighted by Crippen LogP contribution is -2.59. The molecule has 0 bridgehead atoms. The largest absolute Gasteiger partial charge is 0.458 e. The third-order valence-electron chi connectivity index (χ3n) is 10.2. The Hall–Kier alpha value is -2.08. The van der Waals surface area contributed by atoms with Gasteiger partial charge in [-0.3, -0.25) is 4.79 Å². The molecular formula is C45H80O10. The van der Waals surface area contributed by atoms with Crippen LogP contribution in [0.2, 0.25) is 0 Å². The quantitative estimate of drug-likeness (QED) is 0.0158. The second-order valence-electron chi connectivity index (χ2n) is 15.3. The smallest absolute Gasteiger partial charge is 0.330 e. The summed E-state index contributed by atoms with van der Waals surface area (Å²) >= 11 is 0. The molecule has 0 aliphatic carbocycles. The van der Waals surface area contributed by atoms with Crippen LogP contribution in [0.3, 0.4) is 0 Å². The maximum Gasteiger partial charge on any atom is 0.330 e. The molecule has 55 heavy (non-hydrogen) atoms. The minimum atomic E-state index is -1.61. The van der Waals surface area contributed by atoms with Gasteiger partial charge in [-0.25, -0.2) is 4.79 Å². The Bertz CT molecular complexity index is 983. The normalized spacial score (nSPS) is 20.6. The van der Waals surface area contributed by atoms with Crippen molar-refractivity contribution in [2.24, 2.45) is 0 Å². The van der Waals surface area contributed by atoms with Crippen LogP contribution in [-0.4, -0.2) is 89.0 Å². The molecule has 0 radical (unpaired) electrons. The van der Waals surface area contributed by atoms with Gasteiger partial charge in [-0.2, -0.15) is 0 Å². The first-order chi connectivity index (χ1) is 26.8. The molecule has 1 fully saturated rings. The van der Waals surface area contributed by atoms with Crippen molar-refractivity contribution in [3.8, 4) is 0 Å². The molecule has 1 aliphatic rings. The summed E-state index contributed by atoms with van der Waals surface area (Å²) in [4.78, 5) is 25.2. The fourth-order valence-electron chi connectivity index (χ4n) is 6.73. The second kappa shape index (κ2) is 36.3. The fourth-order valence-corrected chi connectivity index (χ4v) is 6.73. The van der Waals surface area contributed by atoms with E-state index in [4.69, 9.17) is 18.9 Å². The minimum absolute atomic E-state index is 0.209. The summed E-state index contributed by atoms with van der Waals surface area (Å²) in [6.07, 6.45) is 32.4. The zero-order valence-corrected chi connectivity index (χ0v) is 34.5. The first kappa shape index (κ1) is 50.9. The highest BCUT2D eigenvalue weighted by atomic mass is 16.7. The fraction of sp³-hybridized carbons (Fsp3) is 0.822. The van der Waals surface area contributed by atoms with E-state index in [2.05, 4.69) is 13.5 Å². The molecule has 10 heteroatoms. The standard InChI is InChI=1S/C45H80O10/c1-3-5-7-9-11-13-15-17-19-21-23-25-27-29-31-33-40(47)52-36-38(37-53-45-44(51)43(50)42(49)39(35-46)55-45)54-41(48)34-32-30-28-26-24-22-20-18-16-14-12-10-8-6-4-2/h4,27,29,31,33,38-39,42-46,49-51H,2-3,5-26,28,30,32,34-37H2,1H3/b29-27+,33-31+/t38-,39-,42+,43?,44?,45-/m0/s1. The highest BCUT2D eigenvalue weighted by Crippen LogP contribution is 2.22. The summed E-state index contributed by atoms with van der Waals surface area (Å²) in [5.41, 5.74) is 0. The lowest BCUT2D eigenvalue weighted by Gasteiger charge is -2.39. The van der Waals surface area contributed by atoms with Crippen LogP contribution < -0.4 is 0 Å². The highest BCUT2D eigenvalue weighted by molar-refractivity contribution is 5.82. The van der Waals surface area contributed by atoms with E-state index < -0.39 is 55.4 Å². The van der Waals surface area contributed by atoms with E-state index >= 15 is 0 Å². The Labute approximate surface area is 334 Å². The van der Waals surface area contributed by atoms with Crippen molar-refractivity contribution in [3.05, 3.63) is 37.0 Å². The van der Waals surface area contributed by atoms with Crippen molar-refractivity contribution >= 4 is 11.9 Å². The maximum absolute atomic E-state index is 12.7. The first-order valence-electron chi connectivity index (χ1n) is 22.1. The van der Waals surface area contributed by atoms with Crippen molar-refractivity contribution in [3.63, 3.8) is 0 Å². The summed E-state index contributed by atoms with van der Waals surface area (Å²) in [6.45, 7) is 4.83. The van der Waals surface area contributed by atoms with E-state index in [-0.39, 0.29) is 19.6 Å². The molecule has 4 N–H and O–H groups in total. The molecule has 1 saturated heterocycles. The van der Waals surface area contributed by atoms with Crippen LogP contribution in [0.4, 0.5) is 0 Å². The van der Waals surface area contributed by atoms with Gasteiger partial charge >= 0.3 is 11.9 Å². The van der Waals surface area contributed by atoms with E-state index in [0.29, 0.717) is 6.42 Å². The van der Waals surface area contributed by atoms with Gasteiger partial charge in [-0.15, -0.1) is 6.58 Å². The minimum Gasteiger partial charge on any atom is -0.458 e. The Morgan fingerprint density at radius 3 is 1.69 bits per heavy atom. The predicted molar refractivity (Wildman–Crippen MR) is 219 cm³/mol. The van der Waals surface area contributed by atoms with E-state index in [9.17, 15) is 30.0 Å². The Balaban J connectivity index is 2.38. The van der Waals surface area contributed by atoms with Gasteiger partial charge < -0.3 is 39.4 Å². The van der Waals surface area contributed by atoms with Crippen LogP contribution in [0.1, 0.15) is 180 Å². The number of unbranched alkanes of at least 4 members (excludes halogenated alkanes) is 24. The van der Waals surface area contributed by atoms with Gasteiger partial charge in [0, 0.05) is 12.5 Å². The van der Waals surface area contributed by atoms with Gasteiger partial charge in [-0.05, 0) is 32.1 Å². The number of hydrogen-bond acceptors (Lipinski definition) is 10. The molecule has 10 nitrogen and oxygen atoms in total. The molecule has 0 spiro atoms. The van der Waals surface area contributed by atoms with Crippen molar-refractivity contribution in [1.82, 2.24) is 0 Å². The number of allylic oxidation sites excluding steroid dienone is 4. The van der Waals surface area contributed by atoms with Crippen LogP contribution in [0.25, 0.3) is 0 Å². The number of carbonyl (C=O) groups is 2. The van der Waals surface area contributed by atoms with Crippen molar-refractivity contribution in [1.29, 1.82) is 0 Å². The molecule has 6 atom stereocenters. The number of hydrogen-bond donors (Lipinski definition) is 4. The van der Waals surface area contributed by atoms with Crippen molar-refractivity contribution < 1.29 is 49.0 Å². The second-order valence-corrected chi connectivity index (χ2v) is 15.3. The zero-order valence-electron chi connectivity index (χ0n) is 34.5. The Morgan fingerprint density at radius 2 is 1.16 bits per heavy atom. The van der Waals surface area contributed by atoms with Crippen molar-refractivity contribution in [2.45, 2.75) is 217 Å². The van der Waals surface area contributed by atoms with Gasteiger partial charge in [0.25, 0.3) is 0 Å². The van der Waals surface area contributed by atoms with E-state index in [1.54, 1.807) is 6.08 Å². The van der Waals surface area contributed by atoms with Crippen LogP contribution >= 0.6 is 0 Å². The SMILES string of the molecule is C=CCCCCCCCCCCCCCCCC(=O)O[C@@H](COC(=O)/C=C/C=C/CCCCCCCCCCCCC)CO[C@H]1O[C@@H](CO)[C@@H](O)C(O)C1O. The molecule has 0 saturated carbocycles. The topological polar surface area (TPSA) is 152 Å². The zero-order chi connectivity index (χ0) is 40.2. The molecule has 0 aromatic rings. The third-order valence-corrected chi connectivity index (χ3v) is 10.2. The molecular weight excluding hydrogens is 700 g/mol. The predicted octanol–water partition coefficient (Wildman–Crippen LogP) is 9.11. The third kappa shape index (κ3) is 28.0. The molecule has 2 unspecified atom stereocenters. The summed E-state index contributed by atoms with van der Waals surface area (Å²) < 4.78 is 22.0. The number of aliphatic hydroxyl groups excluding tert-OH is 4. The number of esters is 2. The lowest BCUT2D eigenvalue weighted by atomic mass is 9.99. The van der Waals surface area contributed by atoms with Crippen LogP contribution in [0.15, 0.2) is 37.0 Å². The number of aliphatic hydroxyl groups is 4. The highest BCUT2D eigenvalue weighted by Gasteiger charge is 2.44. The number of carbonyl (C=O) groups excluding carboxylic acids is 2. The van der Waals surface area contributed by atoms with Gasteiger partial charge in [0.1, 0.15) is 31.0 Å². The monoisotopic (exact) mass is 781 g/mol. The molecule has 1 heterocycles. The molecule has 0 aromatic carbocycles. The summed E-state index contributed by atoms with van der Waals surface area (Å²) in [5.74, 6) is -1.06. The summed E-state index contributed by atoms with van der Waals surface area (Å²) in [7, 11) is 0. The summed E-state index contributed by atoms with van der Waals surface area (Å²) in [5, 5.41) is 40.0. The van der Waals surface area contributed by atoms with Crippen LogP contribution in [-0.2, 0) is 28.5 Å². The van der Waals surface area contributed by atoms with Gasteiger partial charge in [0.15, 0.2) is 12.4 Å². The van der Waals surface area contributed by atoms with Crippen molar-refractivity contribution in [2.75, 3.05) is 19.8 Å². The number of rotatable bonds is 37. The van der Waals surface area contributed by atoms with E-state index in [0.717, 1.165) is 38.5 Å². The lowest BCUT2D eigenvalue weighted by molar-refractivity contribution is -0.305. The number of ether oxygens (including phenoxy) is 4. The first-order valence-corrected chi connectivity index (χ1v) is 22.1.